The second-order valence-electron chi connectivity index (χ2n) is 8.00. The molecule has 0 radical (unpaired) electrons. The van der Waals surface area contributed by atoms with E-state index >= 15 is 0 Å². The topological polar surface area (TPSA) is 98.8 Å². The molecule has 0 spiro atoms. The number of rotatable bonds is 5. The molecule has 0 atom stereocenters. The van der Waals surface area contributed by atoms with E-state index in [2.05, 4.69) is 5.32 Å². The van der Waals surface area contributed by atoms with Crippen molar-refractivity contribution in [3.63, 3.8) is 0 Å². The highest BCUT2D eigenvalue weighted by Crippen LogP contribution is 2.39. The van der Waals surface area contributed by atoms with Gasteiger partial charge < -0.3 is 15.1 Å². The van der Waals surface area contributed by atoms with Gasteiger partial charge in [0.05, 0.1) is 21.8 Å². The fourth-order valence-corrected chi connectivity index (χ4v) is 4.89. The number of benzene rings is 2. The number of carbonyl (C=O) groups excluding carboxylic acids is 2. The summed E-state index contributed by atoms with van der Waals surface area (Å²) in [5, 5.41) is 1.70. The maximum Gasteiger partial charge on any atom is 0.417 e. The van der Waals surface area contributed by atoms with E-state index in [4.69, 9.17) is 11.6 Å². The van der Waals surface area contributed by atoms with E-state index in [1.54, 1.807) is 9.80 Å². The molecule has 1 fully saturated rings. The molecular weight excluding hydrogens is 528 g/mol. The number of nitrogens with one attached hydrogen (secondary N) is 2. The molecule has 2 aromatic rings. The van der Waals surface area contributed by atoms with Crippen LogP contribution in [0.4, 0.5) is 28.9 Å². The van der Waals surface area contributed by atoms with E-state index in [1.807, 2.05) is 4.72 Å². The Kier molecular flexibility index (Phi) is 8.16. The van der Waals surface area contributed by atoms with E-state index in [0.29, 0.717) is 13.0 Å². The predicted octanol–water partition coefficient (Wildman–Crippen LogP) is 3.72. The molecule has 1 aliphatic heterocycles. The third-order valence-electron chi connectivity index (χ3n) is 5.66. The summed E-state index contributed by atoms with van der Waals surface area (Å²) >= 11 is 5.89. The number of sulfonamides is 1. The number of alkyl halides is 3. The minimum absolute atomic E-state index is 0.0557. The van der Waals surface area contributed by atoms with Crippen LogP contribution < -0.4 is 14.9 Å². The Morgan fingerprint density at radius 2 is 1.75 bits per heavy atom. The number of nitrogens with zero attached hydrogens (tertiary/aromatic N) is 2. The third kappa shape index (κ3) is 6.08. The van der Waals surface area contributed by atoms with Gasteiger partial charge in [0.15, 0.2) is 0 Å². The van der Waals surface area contributed by atoms with Crippen LogP contribution in [0.15, 0.2) is 35.2 Å². The van der Waals surface area contributed by atoms with Crippen LogP contribution in [0.5, 0.6) is 0 Å². The van der Waals surface area contributed by atoms with E-state index in [9.17, 15) is 35.6 Å². The van der Waals surface area contributed by atoms with Gasteiger partial charge >= 0.3 is 6.18 Å². The molecule has 1 aliphatic rings. The van der Waals surface area contributed by atoms with Crippen LogP contribution in [0.3, 0.4) is 0 Å². The summed E-state index contributed by atoms with van der Waals surface area (Å²) in [5.41, 5.74) is -1.49. The minimum atomic E-state index is -4.79. The Hall–Kier alpha value is -2.90. The Balaban J connectivity index is 2.03. The summed E-state index contributed by atoms with van der Waals surface area (Å²) in [5.74, 6) is -2.11. The fraction of sp³-hybridized carbons (Fsp3) is 0.364. The average molecular weight is 551 g/mol. The van der Waals surface area contributed by atoms with E-state index in [-0.39, 0.29) is 42.5 Å². The van der Waals surface area contributed by atoms with Crippen molar-refractivity contribution in [3.8, 4) is 0 Å². The summed E-state index contributed by atoms with van der Waals surface area (Å²) < 4.78 is 80.9. The van der Waals surface area contributed by atoms with Crippen LogP contribution in [0.1, 0.15) is 29.3 Å². The number of amides is 2. The summed E-state index contributed by atoms with van der Waals surface area (Å²) in [7, 11) is -3.10. The fourth-order valence-electron chi connectivity index (χ4n) is 3.79. The Morgan fingerprint density at radius 3 is 2.36 bits per heavy atom. The van der Waals surface area contributed by atoms with Gasteiger partial charge in [-0.25, -0.2) is 17.5 Å². The van der Waals surface area contributed by atoms with Crippen molar-refractivity contribution >= 4 is 44.8 Å². The molecule has 1 heterocycles. The standard InChI is InChI=1S/C22H23ClF4N4O4S/c1-13(32)30-6-3-7-31(9-8-30)19-12-16(22(25,26)27)17(23)11-15(19)21(33)29-14-4-5-18(24)20(10-14)36(34,35)28-2/h4-5,10-12,28H,3,6-9H2,1-2H3,(H,29,33). The van der Waals surface area contributed by atoms with Crippen molar-refractivity contribution in [2.45, 2.75) is 24.4 Å². The van der Waals surface area contributed by atoms with Crippen LogP contribution in [0.2, 0.25) is 5.02 Å². The molecule has 0 saturated carbocycles. The number of anilines is 2. The molecule has 2 amide bonds. The molecule has 2 N–H and O–H groups in total. The molecular formula is C22H23ClF4N4O4S. The zero-order valence-corrected chi connectivity index (χ0v) is 20.8. The summed E-state index contributed by atoms with van der Waals surface area (Å²) in [6.45, 7) is 2.47. The highest BCUT2D eigenvalue weighted by molar-refractivity contribution is 7.89. The monoisotopic (exact) mass is 550 g/mol. The lowest BCUT2D eigenvalue weighted by atomic mass is 10.1. The molecule has 0 aliphatic carbocycles. The first-order valence-corrected chi connectivity index (χ1v) is 12.6. The summed E-state index contributed by atoms with van der Waals surface area (Å²) in [4.78, 5) is 27.3. The Labute approximate surface area is 210 Å². The largest absolute Gasteiger partial charge is 0.417 e. The van der Waals surface area contributed by atoms with E-state index < -0.39 is 43.4 Å². The third-order valence-corrected chi connectivity index (χ3v) is 7.41. The van der Waals surface area contributed by atoms with Crippen molar-refractivity contribution in [1.82, 2.24) is 9.62 Å². The first kappa shape index (κ1) is 27.7. The van der Waals surface area contributed by atoms with Crippen LogP contribution in [0, 0.1) is 5.82 Å². The molecule has 14 heteroatoms. The highest BCUT2D eigenvalue weighted by Gasteiger charge is 2.36. The molecule has 2 aromatic carbocycles. The predicted molar refractivity (Wildman–Crippen MR) is 126 cm³/mol. The summed E-state index contributed by atoms with van der Waals surface area (Å²) in [6.07, 6.45) is -4.33. The molecule has 0 unspecified atom stereocenters. The van der Waals surface area contributed by atoms with Gasteiger partial charge in [-0.15, -0.1) is 0 Å². The number of carbonyl (C=O) groups is 2. The lowest BCUT2D eigenvalue weighted by Gasteiger charge is -2.27. The zero-order valence-electron chi connectivity index (χ0n) is 19.2. The molecule has 3 rings (SSSR count). The lowest BCUT2D eigenvalue weighted by molar-refractivity contribution is -0.137. The SMILES string of the molecule is CNS(=O)(=O)c1cc(NC(=O)c2cc(Cl)c(C(F)(F)F)cc2N2CCCN(C(C)=O)CC2)ccc1F. The highest BCUT2D eigenvalue weighted by atomic mass is 35.5. The maximum atomic E-state index is 14.1. The van der Waals surface area contributed by atoms with Crippen LogP contribution in [-0.4, -0.2) is 58.4 Å². The smallest absolute Gasteiger partial charge is 0.369 e. The molecule has 196 valence electrons. The number of hydrogen-bond acceptors (Lipinski definition) is 5. The lowest BCUT2D eigenvalue weighted by Crippen LogP contribution is -2.34. The van der Waals surface area contributed by atoms with Gasteiger partial charge in [-0.2, -0.15) is 13.2 Å². The Bertz CT molecular complexity index is 1290. The van der Waals surface area contributed by atoms with Gasteiger partial charge in [0.1, 0.15) is 10.7 Å². The van der Waals surface area contributed by atoms with Crippen molar-refractivity contribution in [2.24, 2.45) is 0 Å². The van der Waals surface area contributed by atoms with Crippen molar-refractivity contribution in [3.05, 3.63) is 52.3 Å². The van der Waals surface area contributed by atoms with E-state index in [1.165, 1.54) is 6.92 Å². The van der Waals surface area contributed by atoms with Gasteiger partial charge in [0.2, 0.25) is 15.9 Å². The quantitative estimate of drug-likeness (QED) is 0.553. The molecule has 1 saturated heterocycles. The second kappa shape index (κ2) is 10.6. The molecule has 0 aromatic heterocycles. The van der Waals surface area contributed by atoms with Crippen molar-refractivity contribution < 1.29 is 35.6 Å². The van der Waals surface area contributed by atoms with Crippen molar-refractivity contribution in [1.29, 1.82) is 0 Å². The summed E-state index contributed by atoms with van der Waals surface area (Å²) in [6, 6.07) is 4.51. The van der Waals surface area contributed by atoms with Crippen LogP contribution in [-0.2, 0) is 21.0 Å². The molecule has 36 heavy (non-hydrogen) atoms. The van der Waals surface area contributed by atoms with Crippen molar-refractivity contribution in [2.75, 3.05) is 43.4 Å². The van der Waals surface area contributed by atoms with Gasteiger partial charge in [-0.05, 0) is 43.8 Å². The number of halogens is 5. The first-order valence-electron chi connectivity index (χ1n) is 10.7. The zero-order chi connectivity index (χ0) is 26.8. The van der Waals surface area contributed by atoms with Gasteiger partial charge in [0.25, 0.3) is 5.91 Å². The van der Waals surface area contributed by atoms with Gasteiger partial charge in [0, 0.05) is 38.8 Å². The molecule has 0 bridgehead atoms. The maximum absolute atomic E-state index is 14.1. The second-order valence-corrected chi connectivity index (χ2v) is 10.3. The first-order chi connectivity index (χ1) is 16.7. The minimum Gasteiger partial charge on any atom is -0.369 e. The normalized spacial score (nSPS) is 15.0. The Morgan fingerprint density at radius 1 is 1.06 bits per heavy atom. The van der Waals surface area contributed by atoms with E-state index in [0.717, 1.165) is 37.4 Å². The van der Waals surface area contributed by atoms with Gasteiger partial charge in [-0.3, -0.25) is 9.59 Å². The van der Waals surface area contributed by atoms with Crippen LogP contribution in [0.25, 0.3) is 0 Å². The van der Waals surface area contributed by atoms with Gasteiger partial charge in [-0.1, -0.05) is 11.6 Å². The number of hydrogen-bond donors (Lipinski definition) is 2. The average Bonchev–Trinajstić information content (AvgIpc) is 3.05. The van der Waals surface area contributed by atoms with Crippen LogP contribution >= 0.6 is 11.6 Å². The molecule has 8 nitrogen and oxygen atoms in total.